The van der Waals surface area contributed by atoms with Crippen LogP contribution in [0.5, 0.6) is 0 Å². The van der Waals surface area contributed by atoms with Gasteiger partial charge in [0, 0.05) is 33.5 Å². The Morgan fingerprint density at radius 2 is 1.80 bits per heavy atom. The van der Waals surface area contributed by atoms with Crippen molar-refractivity contribution >= 4 is 19.4 Å². The molecule has 1 saturated heterocycles. The third-order valence-electron chi connectivity index (χ3n) is 4.52. The molecule has 11 nitrogen and oxygen atoms in total. The summed E-state index contributed by atoms with van der Waals surface area (Å²) in [4.78, 5) is 35.9. The summed E-state index contributed by atoms with van der Waals surface area (Å²) in [6.07, 6.45) is -1.05. The van der Waals surface area contributed by atoms with E-state index in [2.05, 4.69) is 5.32 Å². The lowest BCUT2D eigenvalue weighted by atomic mass is 10.0. The molecule has 1 heterocycles. The number of aliphatic hydroxyl groups is 1. The zero-order chi connectivity index (χ0) is 22.8. The number of nitrogens with one attached hydrogen (secondary N) is 1. The molecule has 1 rings (SSSR count). The van der Waals surface area contributed by atoms with Crippen LogP contribution in [0.1, 0.15) is 26.7 Å². The van der Waals surface area contributed by atoms with Gasteiger partial charge in [-0.05, 0) is 20.3 Å². The van der Waals surface area contributed by atoms with Gasteiger partial charge in [-0.15, -0.1) is 0 Å². The Bertz CT molecular complexity index is 590. The van der Waals surface area contributed by atoms with Crippen LogP contribution in [-0.4, -0.2) is 104 Å². The third-order valence-corrected chi connectivity index (χ3v) is 5.15. The number of hydrogen-bond donors (Lipinski definition) is 3. The monoisotopic (exact) mass is 454 g/mol. The van der Waals surface area contributed by atoms with E-state index >= 15 is 0 Å². The maximum absolute atomic E-state index is 12.7. The molecule has 3 atom stereocenters. The lowest BCUT2D eigenvalue weighted by Crippen LogP contribution is -2.59. The summed E-state index contributed by atoms with van der Waals surface area (Å²) in [6.45, 7) is 5.84. The Morgan fingerprint density at radius 3 is 2.30 bits per heavy atom. The van der Waals surface area contributed by atoms with Gasteiger partial charge >= 0.3 is 7.60 Å². The molecule has 0 aromatic heterocycles. The van der Waals surface area contributed by atoms with Gasteiger partial charge < -0.3 is 39.0 Å². The van der Waals surface area contributed by atoms with Gasteiger partial charge in [-0.2, -0.15) is 0 Å². The van der Waals surface area contributed by atoms with E-state index in [-0.39, 0.29) is 39.4 Å². The van der Waals surface area contributed by atoms with Gasteiger partial charge in [0.2, 0.25) is 11.8 Å². The topological polar surface area (TPSA) is 144 Å². The minimum Gasteiger partial charge on any atom is -0.391 e. The van der Waals surface area contributed by atoms with Gasteiger partial charge in [0.05, 0.1) is 38.6 Å². The number of carbonyl (C=O) groups is 2. The van der Waals surface area contributed by atoms with Crippen molar-refractivity contribution in [1.29, 1.82) is 0 Å². The number of aliphatic hydroxyl groups excluding tert-OH is 1. The number of methoxy groups -OCH3 is 1. The number of nitrogens with zero attached hydrogens (tertiary/aromatic N) is 1. The fraction of sp³-hybridized carbons (Fsp3) is 0.889. The zero-order valence-electron chi connectivity index (χ0n) is 18.2. The smallest absolute Gasteiger partial charge is 0.325 e. The van der Waals surface area contributed by atoms with Gasteiger partial charge in [-0.25, -0.2) is 0 Å². The standard InChI is InChI=1S/C18H35N2O9P/c1-5-27-12-18(11-26-3,13-28-6-2)19-16(22)8-17(23)20-9-15(21)7-14(20)10-29-30(4,24)25/h14-15,21H,5-13H2,1-4H3,(H,19,22)(H,24,25)/t14-,15+/m0/s1. The number of ether oxygens (including phenoxy) is 3. The predicted octanol–water partition coefficient (Wildman–Crippen LogP) is -0.255. The van der Waals surface area contributed by atoms with Crippen molar-refractivity contribution in [2.24, 2.45) is 0 Å². The molecule has 3 N–H and O–H groups in total. The first-order valence-electron chi connectivity index (χ1n) is 9.93. The molecule has 0 spiro atoms. The van der Waals surface area contributed by atoms with E-state index in [1.807, 2.05) is 13.8 Å². The maximum Gasteiger partial charge on any atom is 0.325 e. The number of hydrogen-bond acceptors (Lipinski definition) is 8. The lowest BCUT2D eigenvalue weighted by Gasteiger charge is -2.34. The second kappa shape index (κ2) is 12.7. The molecule has 0 aliphatic carbocycles. The van der Waals surface area contributed by atoms with Crippen LogP contribution < -0.4 is 5.32 Å². The van der Waals surface area contributed by atoms with Crippen molar-refractivity contribution < 1.29 is 42.9 Å². The molecule has 2 amide bonds. The van der Waals surface area contributed by atoms with Crippen LogP contribution in [0.15, 0.2) is 0 Å². The average Bonchev–Trinajstić information content (AvgIpc) is 3.03. The largest absolute Gasteiger partial charge is 0.391 e. The van der Waals surface area contributed by atoms with Crippen LogP contribution >= 0.6 is 7.60 Å². The van der Waals surface area contributed by atoms with E-state index in [1.165, 1.54) is 12.0 Å². The predicted molar refractivity (Wildman–Crippen MR) is 108 cm³/mol. The first kappa shape index (κ1) is 27.0. The molecule has 0 saturated carbocycles. The molecule has 12 heteroatoms. The molecule has 0 radical (unpaired) electrons. The second-order valence-corrected chi connectivity index (χ2v) is 9.26. The van der Waals surface area contributed by atoms with Gasteiger partial charge in [0.25, 0.3) is 0 Å². The molecular formula is C18H35N2O9P. The number of likely N-dealkylation sites (tertiary alicyclic amines) is 1. The molecule has 0 aromatic carbocycles. The van der Waals surface area contributed by atoms with E-state index in [0.29, 0.717) is 13.2 Å². The van der Waals surface area contributed by atoms with Gasteiger partial charge in [-0.1, -0.05) is 0 Å². The van der Waals surface area contributed by atoms with Gasteiger partial charge in [0.15, 0.2) is 0 Å². The normalized spacial score (nSPS) is 21.5. The highest BCUT2D eigenvalue weighted by molar-refractivity contribution is 7.51. The van der Waals surface area contributed by atoms with Crippen molar-refractivity contribution in [2.45, 2.75) is 44.4 Å². The van der Waals surface area contributed by atoms with Crippen LogP contribution in [0.4, 0.5) is 0 Å². The number of carbonyl (C=O) groups excluding carboxylic acids is 2. The summed E-state index contributed by atoms with van der Waals surface area (Å²) in [5.41, 5.74) is -0.948. The second-order valence-electron chi connectivity index (χ2n) is 7.40. The minimum absolute atomic E-state index is 0.0285. The molecule has 0 aromatic rings. The molecule has 0 bridgehead atoms. The third kappa shape index (κ3) is 9.38. The number of β-amino-alcohol motifs (C(OH)–C–C–N with tert-alkyl or cyclic N) is 1. The highest BCUT2D eigenvalue weighted by Gasteiger charge is 2.38. The molecule has 1 aliphatic rings. The maximum atomic E-state index is 12.7. The summed E-state index contributed by atoms with van der Waals surface area (Å²) in [5.74, 6) is -1.05. The van der Waals surface area contributed by atoms with Crippen molar-refractivity contribution in [3.63, 3.8) is 0 Å². The van der Waals surface area contributed by atoms with Crippen LogP contribution in [0.25, 0.3) is 0 Å². The van der Waals surface area contributed by atoms with Crippen LogP contribution in [0.3, 0.4) is 0 Å². The molecule has 1 aliphatic heterocycles. The SMILES string of the molecule is CCOCC(COC)(COCC)NC(=O)CC(=O)N1C[C@H](O)C[C@H]1COP(C)(=O)O. The van der Waals surface area contributed by atoms with Crippen LogP contribution in [0, 0.1) is 0 Å². The Kier molecular flexibility index (Phi) is 11.4. The fourth-order valence-corrected chi connectivity index (χ4v) is 3.71. The molecule has 1 unspecified atom stereocenters. The summed E-state index contributed by atoms with van der Waals surface area (Å²) >= 11 is 0. The fourth-order valence-electron chi connectivity index (χ4n) is 3.26. The summed E-state index contributed by atoms with van der Waals surface area (Å²) in [6, 6.07) is -0.587. The zero-order valence-corrected chi connectivity index (χ0v) is 19.1. The van der Waals surface area contributed by atoms with Crippen molar-refractivity contribution in [1.82, 2.24) is 10.2 Å². The van der Waals surface area contributed by atoms with E-state index < -0.39 is 43.5 Å². The lowest BCUT2D eigenvalue weighted by molar-refractivity contribution is -0.139. The van der Waals surface area contributed by atoms with Crippen molar-refractivity contribution in [3.05, 3.63) is 0 Å². The summed E-state index contributed by atoms with van der Waals surface area (Å²) in [7, 11) is -2.23. The molecule has 176 valence electrons. The number of amides is 2. The van der Waals surface area contributed by atoms with Gasteiger partial charge in [0.1, 0.15) is 12.0 Å². The van der Waals surface area contributed by atoms with Crippen molar-refractivity contribution in [3.8, 4) is 0 Å². The van der Waals surface area contributed by atoms with Crippen LogP contribution in [-0.2, 0) is 32.9 Å². The summed E-state index contributed by atoms with van der Waals surface area (Å²) < 4.78 is 32.5. The highest BCUT2D eigenvalue weighted by Crippen LogP contribution is 2.37. The Hall–Kier alpha value is -1.07. The first-order chi connectivity index (χ1) is 14.1. The quantitative estimate of drug-likeness (QED) is 0.239. The Labute approximate surface area is 177 Å². The van der Waals surface area contributed by atoms with Crippen molar-refractivity contribution in [2.75, 3.05) is 60.0 Å². The molecule has 30 heavy (non-hydrogen) atoms. The van der Waals surface area contributed by atoms with E-state index in [0.717, 1.165) is 6.66 Å². The molecule has 1 fully saturated rings. The van der Waals surface area contributed by atoms with E-state index in [9.17, 15) is 24.2 Å². The first-order valence-corrected chi connectivity index (χ1v) is 12.0. The number of rotatable bonds is 14. The highest BCUT2D eigenvalue weighted by atomic mass is 31.2. The van der Waals surface area contributed by atoms with Crippen LogP contribution in [0.2, 0.25) is 0 Å². The van der Waals surface area contributed by atoms with E-state index in [4.69, 9.17) is 18.7 Å². The average molecular weight is 454 g/mol. The Balaban J connectivity index is 2.78. The molecular weight excluding hydrogens is 419 g/mol. The minimum atomic E-state index is -3.72. The van der Waals surface area contributed by atoms with E-state index in [1.54, 1.807) is 0 Å². The van der Waals surface area contributed by atoms with Gasteiger partial charge in [-0.3, -0.25) is 14.2 Å². The Morgan fingerprint density at radius 1 is 1.20 bits per heavy atom. The summed E-state index contributed by atoms with van der Waals surface area (Å²) in [5, 5.41) is 12.7.